The number of nitrogens with one attached hydrogen (secondary N) is 1. The van der Waals surface area contributed by atoms with E-state index in [0.29, 0.717) is 16.5 Å². The molecular formula is C18H16N2O5S. The fourth-order valence-corrected chi connectivity index (χ4v) is 3.13. The lowest BCUT2D eigenvalue weighted by Crippen LogP contribution is -2.14. The number of carbonyl (C=O) groups excluding carboxylic acids is 1. The van der Waals surface area contributed by atoms with Crippen LogP contribution in [0.2, 0.25) is 0 Å². The van der Waals surface area contributed by atoms with E-state index in [1.807, 2.05) is 6.92 Å². The Morgan fingerprint density at radius 3 is 2.50 bits per heavy atom. The molecule has 8 heteroatoms. The van der Waals surface area contributed by atoms with E-state index in [0.717, 1.165) is 5.56 Å². The van der Waals surface area contributed by atoms with Crippen molar-refractivity contribution >= 4 is 38.2 Å². The Labute approximate surface area is 149 Å². The zero-order valence-electron chi connectivity index (χ0n) is 13.7. The quantitative estimate of drug-likeness (QED) is 0.318. The normalized spacial score (nSPS) is 11.5. The maximum absolute atomic E-state index is 12.4. The van der Waals surface area contributed by atoms with Crippen LogP contribution in [0.3, 0.4) is 0 Å². The summed E-state index contributed by atoms with van der Waals surface area (Å²) in [6.07, 6.45) is 0. The minimum Gasteiger partial charge on any atom is -0.505 e. The van der Waals surface area contributed by atoms with E-state index in [9.17, 15) is 18.3 Å². The summed E-state index contributed by atoms with van der Waals surface area (Å²) in [5, 5.41) is 13.7. The van der Waals surface area contributed by atoms with Gasteiger partial charge >= 0.3 is 0 Å². The largest absolute Gasteiger partial charge is 0.505 e. The van der Waals surface area contributed by atoms with Gasteiger partial charge in [0.2, 0.25) is 0 Å². The van der Waals surface area contributed by atoms with Gasteiger partial charge in [0.15, 0.2) is 0 Å². The second-order valence-electron chi connectivity index (χ2n) is 5.86. The molecule has 0 unspecified atom stereocenters. The number of nitrogens with two attached hydrogens (primary N) is 1. The highest BCUT2D eigenvalue weighted by Crippen LogP contribution is 2.34. The lowest BCUT2D eigenvalue weighted by molar-refractivity contribution is 0.102. The fraction of sp³-hybridized carbons (Fsp3) is 0.0556. The minimum atomic E-state index is -4.35. The molecule has 7 nitrogen and oxygen atoms in total. The summed E-state index contributed by atoms with van der Waals surface area (Å²) in [4.78, 5) is 12.2. The summed E-state index contributed by atoms with van der Waals surface area (Å²) in [6, 6.07) is 11.8. The first-order chi connectivity index (χ1) is 12.2. The number of aromatic hydroxyl groups is 1. The van der Waals surface area contributed by atoms with Crippen molar-refractivity contribution in [1.82, 2.24) is 0 Å². The smallest absolute Gasteiger partial charge is 0.294 e. The van der Waals surface area contributed by atoms with Gasteiger partial charge in [-0.1, -0.05) is 17.7 Å². The van der Waals surface area contributed by atoms with Crippen LogP contribution in [0, 0.1) is 6.92 Å². The molecule has 0 aliphatic carbocycles. The molecule has 0 spiro atoms. The molecule has 0 aliphatic heterocycles. The van der Waals surface area contributed by atoms with Crippen molar-refractivity contribution in [3.05, 3.63) is 59.7 Å². The zero-order chi connectivity index (χ0) is 19.1. The predicted molar refractivity (Wildman–Crippen MR) is 99.0 cm³/mol. The van der Waals surface area contributed by atoms with Gasteiger partial charge in [-0.15, -0.1) is 0 Å². The summed E-state index contributed by atoms with van der Waals surface area (Å²) in [6.45, 7) is 1.83. The van der Waals surface area contributed by atoms with E-state index in [-0.39, 0.29) is 21.9 Å². The predicted octanol–water partition coefficient (Wildman–Crippen LogP) is 2.94. The summed E-state index contributed by atoms with van der Waals surface area (Å²) in [5.41, 5.74) is 7.44. The van der Waals surface area contributed by atoms with E-state index in [1.165, 1.54) is 30.3 Å². The fourth-order valence-electron chi connectivity index (χ4n) is 2.61. The number of fused-ring (bicyclic) bond motifs is 1. The number of nitrogen functional groups attached to an aromatic ring is 1. The van der Waals surface area contributed by atoms with Gasteiger partial charge in [-0.3, -0.25) is 9.35 Å². The number of rotatable bonds is 3. The highest BCUT2D eigenvalue weighted by Gasteiger charge is 2.16. The van der Waals surface area contributed by atoms with Crippen LogP contribution in [0.5, 0.6) is 5.75 Å². The minimum absolute atomic E-state index is 0.156. The zero-order valence-corrected chi connectivity index (χ0v) is 14.5. The number of hydrogen-bond acceptors (Lipinski definition) is 5. The van der Waals surface area contributed by atoms with Crippen LogP contribution in [-0.4, -0.2) is 24.0 Å². The van der Waals surface area contributed by atoms with Crippen molar-refractivity contribution in [1.29, 1.82) is 0 Å². The van der Waals surface area contributed by atoms with Gasteiger partial charge in [0.25, 0.3) is 16.0 Å². The van der Waals surface area contributed by atoms with Crippen LogP contribution in [0.1, 0.15) is 15.9 Å². The van der Waals surface area contributed by atoms with E-state index < -0.39 is 16.0 Å². The van der Waals surface area contributed by atoms with Crippen LogP contribution in [0.4, 0.5) is 11.4 Å². The molecule has 0 aromatic heterocycles. The van der Waals surface area contributed by atoms with Crippen molar-refractivity contribution in [3.63, 3.8) is 0 Å². The molecule has 0 saturated heterocycles. The molecule has 134 valence electrons. The molecule has 0 bridgehead atoms. The molecule has 26 heavy (non-hydrogen) atoms. The lowest BCUT2D eigenvalue weighted by Gasteiger charge is -2.12. The van der Waals surface area contributed by atoms with Gasteiger partial charge in [0.05, 0.1) is 16.1 Å². The number of hydrogen-bond donors (Lipinski definition) is 4. The van der Waals surface area contributed by atoms with Gasteiger partial charge in [-0.05, 0) is 48.7 Å². The van der Waals surface area contributed by atoms with E-state index in [1.54, 1.807) is 18.2 Å². The number of aryl methyl sites for hydroxylation is 1. The monoisotopic (exact) mass is 372 g/mol. The van der Waals surface area contributed by atoms with E-state index in [2.05, 4.69) is 5.32 Å². The highest BCUT2D eigenvalue weighted by molar-refractivity contribution is 7.85. The van der Waals surface area contributed by atoms with Gasteiger partial charge in [-0.25, -0.2) is 0 Å². The van der Waals surface area contributed by atoms with Crippen molar-refractivity contribution in [2.24, 2.45) is 0 Å². The average Bonchev–Trinajstić information content (AvgIpc) is 2.58. The Morgan fingerprint density at radius 2 is 1.81 bits per heavy atom. The maximum atomic E-state index is 12.4. The summed E-state index contributed by atoms with van der Waals surface area (Å²) in [5.74, 6) is -0.695. The first-order valence-electron chi connectivity index (χ1n) is 7.57. The first kappa shape index (κ1) is 17.7. The van der Waals surface area contributed by atoms with Crippen LogP contribution in [-0.2, 0) is 10.1 Å². The average molecular weight is 372 g/mol. The first-order valence-corrected chi connectivity index (χ1v) is 9.01. The number of phenols is 1. The number of phenolic OH excluding ortho intramolecular Hbond substituents is 1. The highest BCUT2D eigenvalue weighted by atomic mass is 32.2. The van der Waals surface area contributed by atoms with Crippen molar-refractivity contribution in [2.45, 2.75) is 11.8 Å². The van der Waals surface area contributed by atoms with Gasteiger partial charge in [0, 0.05) is 11.1 Å². The lowest BCUT2D eigenvalue weighted by atomic mass is 10.1. The summed E-state index contributed by atoms with van der Waals surface area (Å²) >= 11 is 0. The molecule has 0 heterocycles. The molecule has 0 aliphatic rings. The standard InChI is InChI=1S/C18H16N2O5S/c1-10-2-6-15(19)14(8-10)18(22)20-16-7-3-11-9-12(26(23,24)25)4-5-13(11)17(16)21/h2-9,21H,19H2,1H3,(H,20,22)(H,23,24,25). The van der Waals surface area contributed by atoms with Gasteiger partial charge in [0.1, 0.15) is 5.75 Å². The van der Waals surface area contributed by atoms with Crippen LogP contribution in [0.15, 0.2) is 53.4 Å². The Balaban J connectivity index is 2.00. The number of carbonyl (C=O) groups is 1. The Morgan fingerprint density at radius 1 is 1.08 bits per heavy atom. The van der Waals surface area contributed by atoms with E-state index >= 15 is 0 Å². The van der Waals surface area contributed by atoms with Crippen LogP contribution in [0.25, 0.3) is 10.8 Å². The molecule has 3 rings (SSSR count). The number of amides is 1. The van der Waals surface area contributed by atoms with Gasteiger partial charge in [-0.2, -0.15) is 8.42 Å². The maximum Gasteiger partial charge on any atom is 0.294 e. The molecule has 5 N–H and O–H groups in total. The molecule has 0 radical (unpaired) electrons. The SMILES string of the molecule is Cc1ccc(N)c(C(=O)Nc2ccc3cc(S(=O)(=O)O)ccc3c2O)c1. The molecule has 0 atom stereocenters. The number of benzene rings is 3. The molecule has 3 aromatic carbocycles. The topological polar surface area (TPSA) is 130 Å². The molecular weight excluding hydrogens is 356 g/mol. The molecule has 1 amide bonds. The second kappa shape index (κ2) is 6.32. The van der Waals surface area contributed by atoms with Crippen molar-refractivity contribution in [2.75, 3.05) is 11.1 Å². The molecule has 0 fully saturated rings. The molecule has 0 saturated carbocycles. The summed E-state index contributed by atoms with van der Waals surface area (Å²) < 4.78 is 31.5. The Kier molecular flexibility index (Phi) is 4.31. The Hall–Kier alpha value is -3.10. The van der Waals surface area contributed by atoms with Gasteiger partial charge < -0.3 is 16.2 Å². The van der Waals surface area contributed by atoms with Crippen LogP contribution < -0.4 is 11.1 Å². The number of anilines is 2. The van der Waals surface area contributed by atoms with Crippen molar-refractivity contribution in [3.8, 4) is 5.75 Å². The molecule has 3 aromatic rings. The van der Waals surface area contributed by atoms with Crippen molar-refractivity contribution < 1.29 is 22.9 Å². The summed E-state index contributed by atoms with van der Waals surface area (Å²) in [7, 11) is -4.35. The van der Waals surface area contributed by atoms with E-state index in [4.69, 9.17) is 10.3 Å². The third-order valence-corrected chi connectivity index (χ3v) is 4.81. The third-order valence-electron chi connectivity index (χ3n) is 3.96. The Bertz CT molecular complexity index is 1140. The second-order valence-corrected chi connectivity index (χ2v) is 7.29. The third kappa shape index (κ3) is 3.32. The van der Waals surface area contributed by atoms with Crippen LogP contribution >= 0.6 is 0 Å².